The molecule has 3 heteroatoms. The minimum Gasteiger partial charge on any atom is -0.456 e. The molecular weight excluding hydrogens is 819 g/mol. The Morgan fingerprint density at radius 2 is 0.818 bits per heavy atom. The predicted octanol–water partition coefficient (Wildman–Crippen LogP) is 18.6. The summed E-state index contributed by atoms with van der Waals surface area (Å²) in [5.74, 6) is 0. The summed E-state index contributed by atoms with van der Waals surface area (Å²) < 4.78 is 9.00. The summed E-state index contributed by atoms with van der Waals surface area (Å²) in [6, 6.07) is 78.9. The van der Waals surface area contributed by atoms with Crippen LogP contribution in [0.3, 0.4) is 0 Å². The van der Waals surface area contributed by atoms with Gasteiger partial charge in [-0.3, -0.25) is 0 Å². The molecule has 1 aliphatic carbocycles. The van der Waals surface area contributed by atoms with Gasteiger partial charge in [0.25, 0.3) is 0 Å². The maximum absolute atomic E-state index is 6.41. The zero-order chi connectivity index (χ0) is 43.7. The van der Waals surface area contributed by atoms with Crippen LogP contribution in [0.25, 0.3) is 107 Å². The summed E-state index contributed by atoms with van der Waals surface area (Å²) in [6.07, 6.45) is 0. The highest BCUT2D eigenvalue weighted by Crippen LogP contribution is 2.52. The fourth-order valence-electron chi connectivity index (χ4n) is 11.4. The molecule has 0 saturated heterocycles. The quantitative estimate of drug-likeness (QED) is 0.176. The van der Waals surface area contributed by atoms with E-state index in [1.54, 1.807) is 0 Å². The van der Waals surface area contributed by atoms with Crippen LogP contribution in [0.15, 0.2) is 217 Å². The largest absolute Gasteiger partial charge is 0.456 e. The van der Waals surface area contributed by atoms with Crippen molar-refractivity contribution in [2.45, 2.75) is 19.3 Å². The molecule has 2 aromatic heterocycles. The van der Waals surface area contributed by atoms with Crippen molar-refractivity contribution in [2.75, 3.05) is 4.90 Å². The van der Waals surface area contributed by atoms with E-state index in [-0.39, 0.29) is 5.41 Å². The first-order chi connectivity index (χ1) is 32.5. The van der Waals surface area contributed by atoms with Crippen LogP contribution < -0.4 is 4.90 Å². The number of anilines is 3. The fourth-order valence-corrected chi connectivity index (χ4v) is 12.5. The lowest BCUT2D eigenvalue weighted by molar-refractivity contribution is 0.660. The van der Waals surface area contributed by atoms with E-state index in [9.17, 15) is 0 Å². The molecule has 11 aromatic carbocycles. The van der Waals surface area contributed by atoms with Crippen molar-refractivity contribution in [1.29, 1.82) is 0 Å². The number of rotatable bonds is 3. The summed E-state index contributed by atoms with van der Waals surface area (Å²) in [4.78, 5) is 2.47. The molecule has 0 aliphatic heterocycles. The van der Waals surface area contributed by atoms with Gasteiger partial charge in [0.2, 0.25) is 0 Å². The zero-order valence-corrected chi connectivity index (χ0v) is 37.3. The zero-order valence-electron chi connectivity index (χ0n) is 36.5. The van der Waals surface area contributed by atoms with Crippen molar-refractivity contribution in [3.05, 3.63) is 223 Å². The van der Waals surface area contributed by atoms with Crippen molar-refractivity contribution in [1.82, 2.24) is 0 Å². The van der Waals surface area contributed by atoms with Crippen LogP contribution in [0.1, 0.15) is 25.0 Å². The lowest BCUT2D eigenvalue weighted by atomic mass is 9.82. The van der Waals surface area contributed by atoms with E-state index in [2.05, 4.69) is 225 Å². The summed E-state index contributed by atoms with van der Waals surface area (Å²) in [5.41, 5.74) is 10.2. The van der Waals surface area contributed by atoms with Gasteiger partial charge in [0.05, 0.1) is 0 Å². The van der Waals surface area contributed by atoms with Gasteiger partial charge in [0, 0.05) is 53.4 Å². The maximum atomic E-state index is 6.41. The van der Waals surface area contributed by atoms with Gasteiger partial charge >= 0.3 is 0 Å². The highest BCUT2D eigenvalue weighted by molar-refractivity contribution is 7.26. The average Bonchev–Trinajstić information content (AvgIpc) is 4.01. The number of fused-ring (bicyclic) bond motifs is 20. The molecule has 0 atom stereocenters. The van der Waals surface area contributed by atoms with E-state index in [4.69, 9.17) is 4.42 Å². The molecule has 0 amide bonds. The van der Waals surface area contributed by atoms with E-state index in [0.29, 0.717) is 0 Å². The van der Waals surface area contributed by atoms with Gasteiger partial charge in [-0.1, -0.05) is 166 Å². The summed E-state index contributed by atoms with van der Waals surface area (Å²) in [6.45, 7) is 4.73. The Morgan fingerprint density at radius 3 is 1.56 bits per heavy atom. The van der Waals surface area contributed by atoms with E-state index in [1.807, 2.05) is 17.4 Å². The number of thiophene rings is 1. The van der Waals surface area contributed by atoms with Crippen LogP contribution in [-0.4, -0.2) is 0 Å². The van der Waals surface area contributed by atoms with Crippen LogP contribution in [-0.2, 0) is 5.41 Å². The number of furan rings is 1. The Morgan fingerprint density at radius 1 is 0.333 bits per heavy atom. The molecule has 1 aliphatic rings. The number of hydrogen-bond acceptors (Lipinski definition) is 3. The topological polar surface area (TPSA) is 16.4 Å². The second-order valence-corrected chi connectivity index (χ2v) is 19.4. The van der Waals surface area contributed by atoms with Gasteiger partial charge in [-0.2, -0.15) is 0 Å². The molecule has 0 saturated carbocycles. The second-order valence-electron chi connectivity index (χ2n) is 18.3. The summed E-state index contributed by atoms with van der Waals surface area (Å²) in [7, 11) is 0. The van der Waals surface area contributed by atoms with Crippen LogP contribution in [0, 0.1) is 0 Å². The highest BCUT2D eigenvalue weighted by Gasteiger charge is 2.36. The molecule has 0 spiro atoms. The van der Waals surface area contributed by atoms with E-state index in [1.165, 1.54) is 96.3 Å². The molecule has 66 heavy (non-hydrogen) atoms. The minimum atomic E-state index is -0.165. The molecule has 14 rings (SSSR count). The minimum absolute atomic E-state index is 0.165. The third-order valence-electron chi connectivity index (χ3n) is 14.5. The van der Waals surface area contributed by atoms with Gasteiger partial charge in [-0.05, 0) is 137 Å². The van der Waals surface area contributed by atoms with Crippen LogP contribution >= 0.6 is 11.3 Å². The lowest BCUT2D eigenvalue weighted by Gasteiger charge is -2.28. The Kier molecular flexibility index (Phi) is 7.94. The second kappa shape index (κ2) is 14.0. The van der Waals surface area contributed by atoms with Crippen molar-refractivity contribution in [3.8, 4) is 11.1 Å². The molecule has 13 aromatic rings. The Labute approximate surface area is 385 Å². The Balaban J connectivity index is 1.16. The van der Waals surface area contributed by atoms with Gasteiger partial charge in [0.1, 0.15) is 11.2 Å². The normalized spacial score (nSPS) is 13.1. The summed E-state index contributed by atoms with van der Waals surface area (Å²) in [5, 5.41) is 17.0. The maximum Gasteiger partial charge on any atom is 0.135 e. The highest BCUT2D eigenvalue weighted by atomic mass is 32.1. The number of benzene rings is 10. The van der Waals surface area contributed by atoms with Gasteiger partial charge in [0.15, 0.2) is 0 Å². The molecule has 0 bridgehead atoms. The van der Waals surface area contributed by atoms with Crippen molar-refractivity contribution in [2.24, 2.45) is 0 Å². The molecule has 0 fully saturated rings. The number of nitrogens with zero attached hydrogens (tertiary/aromatic N) is 1. The first-order valence-electron chi connectivity index (χ1n) is 22.8. The standard InChI is InChI=1S/C63H41NOS/c1-63(2)55-24-12-9-20-47(55)48-31-28-40(37-56(48)63)64(39-29-33-58-54(36-39)49-21-10-13-25-57(49)65-58)38-27-30-46-44-18-6-4-16-42(44)41-15-3-5-17-43(41)45-19-7-8-22-50(45)61-51(53(46)35-38)32-34-60-62(61)52-23-11-14-26-59(52)66-60/h3-37H,1-2H3. The lowest BCUT2D eigenvalue weighted by Crippen LogP contribution is -2.16. The van der Waals surface area contributed by atoms with Crippen LogP contribution in [0.5, 0.6) is 0 Å². The Hall–Kier alpha value is -7.98. The first kappa shape index (κ1) is 37.4. The van der Waals surface area contributed by atoms with Crippen molar-refractivity contribution >= 4 is 124 Å². The smallest absolute Gasteiger partial charge is 0.135 e. The summed E-state index contributed by atoms with van der Waals surface area (Å²) >= 11 is 1.88. The molecule has 0 unspecified atom stereocenters. The fraction of sp³-hybridized carbons (Fsp3) is 0.0476. The van der Waals surface area contributed by atoms with Gasteiger partial charge in [-0.15, -0.1) is 11.3 Å². The molecule has 0 N–H and O–H groups in total. The molecule has 2 nitrogen and oxygen atoms in total. The van der Waals surface area contributed by atoms with E-state index in [0.717, 1.165) is 39.0 Å². The molecule has 310 valence electrons. The molecular formula is C63H41NOS. The Bertz CT molecular complexity index is 4280. The number of hydrogen-bond donors (Lipinski definition) is 0. The molecule has 2 heterocycles. The number of para-hydroxylation sites is 1. The van der Waals surface area contributed by atoms with Crippen LogP contribution in [0.4, 0.5) is 17.1 Å². The van der Waals surface area contributed by atoms with Crippen LogP contribution in [0.2, 0.25) is 0 Å². The monoisotopic (exact) mass is 859 g/mol. The van der Waals surface area contributed by atoms with Gasteiger partial charge < -0.3 is 9.32 Å². The predicted molar refractivity (Wildman–Crippen MR) is 284 cm³/mol. The van der Waals surface area contributed by atoms with Crippen molar-refractivity contribution < 1.29 is 4.42 Å². The van der Waals surface area contributed by atoms with E-state index < -0.39 is 0 Å². The third-order valence-corrected chi connectivity index (χ3v) is 15.6. The first-order valence-corrected chi connectivity index (χ1v) is 23.6. The third kappa shape index (κ3) is 5.35. The SMILES string of the molecule is CC1(C)c2ccccc2-c2ccc(N(c3ccc4oc5ccccc5c4c3)c3ccc4c5ccccc5c5ccccc5c5ccccc5c5c(ccc6sc7ccccc7c65)c4c3)cc21. The van der Waals surface area contributed by atoms with Crippen molar-refractivity contribution in [3.63, 3.8) is 0 Å². The molecule has 0 radical (unpaired) electrons. The van der Waals surface area contributed by atoms with Gasteiger partial charge in [-0.25, -0.2) is 0 Å². The van der Waals surface area contributed by atoms with E-state index >= 15 is 0 Å². The average molecular weight is 860 g/mol.